The topological polar surface area (TPSA) is 84.9 Å². The average Bonchev–Trinajstić information content (AvgIpc) is 2.99. The highest BCUT2D eigenvalue weighted by Crippen LogP contribution is 2.45. The van der Waals surface area contributed by atoms with E-state index in [9.17, 15) is 27.6 Å². The minimum Gasteiger partial charge on any atom is -0.448 e. The second-order valence-corrected chi connectivity index (χ2v) is 11.0. The molecule has 0 saturated carbocycles. The van der Waals surface area contributed by atoms with Crippen molar-refractivity contribution in [3.05, 3.63) is 118 Å². The molecule has 218 valence electrons. The Balaban J connectivity index is 1.33. The average molecular weight is 597 g/mol. The van der Waals surface area contributed by atoms with E-state index in [1.807, 2.05) is 60.7 Å². The van der Waals surface area contributed by atoms with Crippen LogP contribution in [0.4, 0.5) is 13.2 Å². The van der Waals surface area contributed by atoms with Gasteiger partial charge in [0.2, 0.25) is 5.91 Å². The van der Waals surface area contributed by atoms with Crippen LogP contribution in [0, 0.1) is 0 Å². The van der Waals surface area contributed by atoms with Crippen LogP contribution < -0.4 is 5.32 Å². The molecule has 2 amide bonds. The van der Waals surface area contributed by atoms with Crippen LogP contribution >= 0.6 is 11.8 Å². The van der Waals surface area contributed by atoms with E-state index in [0.717, 1.165) is 23.3 Å². The standard InChI is InChI=1S/C31H27F3N2O5S/c1-18-25(29(39)41-26(20-9-5-3-6-10-20)21-11-7-4-8-12-21)36-27(38)24(28(36)42-30(18)40-2)35-23(37)17-19-13-15-22(16-14-19)31(32,33)34/h3-16,24,26,28,30H,17H2,1-2H3,(H,35,37)/t24-,28-,30-/m0/s1. The first-order valence-corrected chi connectivity index (χ1v) is 14.0. The molecule has 3 aromatic carbocycles. The summed E-state index contributed by atoms with van der Waals surface area (Å²) in [5.74, 6) is -1.74. The third-order valence-corrected chi connectivity index (χ3v) is 8.63. The fourth-order valence-electron chi connectivity index (χ4n) is 4.96. The number of carbonyl (C=O) groups excluding carboxylic acids is 3. The number of hydrogen-bond acceptors (Lipinski definition) is 6. The van der Waals surface area contributed by atoms with Gasteiger partial charge in [-0.3, -0.25) is 14.5 Å². The van der Waals surface area contributed by atoms with Crippen molar-refractivity contribution >= 4 is 29.5 Å². The number of β-lactam (4-membered cyclic amide) rings is 1. The Morgan fingerprint density at radius 1 is 0.952 bits per heavy atom. The predicted molar refractivity (Wildman–Crippen MR) is 150 cm³/mol. The summed E-state index contributed by atoms with van der Waals surface area (Å²) in [5.41, 5.74) is 1.04. The lowest BCUT2D eigenvalue weighted by Crippen LogP contribution is -2.71. The van der Waals surface area contributed by atoms with Gasteiger partial charge in [-0.25, -0.2) is 4.79 Å². The zero-order valence-electron chi connectivity index (χ0n) is 22.6. The first-order chi connectivity index (χ1) is 20.1. The van der Waals surface area contributed by atoms with Crippen LogP contribution in [0.5, 0.6) is 0 Å². The van der Waals surface area contributed by atoms with Crippen molar-refractivity contribution < 1.29 is 37.0 Å². The normalized spacial score (nSPS) is 20.2. The van der Waals surface area contributed by atoms with Crippen molar-refractivity contribution in [2.45, 2.75) is 42.5 Å². The van der Waals surface area contributed by atoms with Gasteiger partial charge in [-0.05, 0) is 41.3 Å². The van der Waals surface area contributed by atoms with Crippen LogP contribution in [-0.2, 0) is 36.5 Å². The van der Waals surface area contributed by atoms with E-state index in [1.165, 1.54) is 35.9 Å². The zero-order valence-corrected chi connectivity index (χ0v) is 23.4. The molecule has 0 radical (unpaired) electrons. The number of ether oxygens (including phenoxy) is 2. The maximum absolute atomic E-state index is 13.7. The Labute approximate surface area is 244 Å². The number of carbonyl (C=O) groups is 3. The highest BCUT2D eigenvalue weighted by molar-refractivity contribution is 8.00. The van der Waals surface area contributed by atoms with Crippen LogP contribution in [0.15, 0.2) is 96.2 Å². The molecule has 42 heavy (non-hydrogen) atoms. The Kier molecular flexibility index (Phi) is 8.42. The van der Waals surface area contributed by atoms with E-state index in [-0.39, 0.29) is 12.1 Å². The fourth-order valence-corrected chi connectivity index (χ4v) is 6.32. The molecule has 1 saturated heterocycles. The SMILES string of the molecule is CO[C@H]1S[C@H]2[C@@H](NC(=O)Cc3ccc(C(F)(F)F)cc3)C(=O)N2C(C(=O)OC(c2ccccc2)c2ccccc2)=C1C. The first kappa shape index (κ1) is 29.4. The van der Waals surface area contributed by atoms with Gasteiger partial charge in [0.05, 0.1) is 12.0 Å². The van der Waals surface area contributed by atoms with Crippen molar-refractivity contribution in [1.82, 2.24) is 10.2 Å². The molecule has 2 aliphatic rings. The quantitative estimate of drug-likeness (QED) is 0.283. The molecule has 0 aliphatic carbocycles. The number of benzene rings is 3. The predicted octanol–water partition coefficient (Wildman–Crippen LogP) is 5.23. The van der Waals surface area contributed by atoms with Crippen LogP contribution in [0.25, 0.3) is 0 Å². The molecule has 2 aliphatic heterocycles. The van der Waals surface area contributed by atoms with Crippen LogP contribution in [0.2, 0.25) is 0 Å². The molecule has 7 nitrogen and oxygen atoms in total. The van der Waals surface area contributed by atoms with Gasteiger partial charge in [-0.15, -0.1) is 0 Å². The monoisotopic (exact) mass is 596 g/mol. The van der Waals surface area contributed by atoms with E-state index in [0.29, 0.717) is 11.1 Å². The number of nitrogens with zero attached hydrogens (tertiary/aromatic N) is 1. The summed E-state index contributed by atoms with van der Waals surface area (Å²) >= 11 is 1.26. The third-order valence-electron chi connectivity index (χ3n) is 7.07. The second-order valence-electron chi connectivity index (χ2n) is 9.86. The maximum atomic E-state index is 13.7. The van der Waals surface area contributed by atoms with Crippen molar-refractivity contribution in [2.24, 2.45) is 0 Å². The number of rotatable bonds is 8. The van der Waals surface area contributed by atoms with Gasteiger partial charge < -0.3 is 14.8 Å². The summed E-state index contributed by atoms with van der Waals surface area (Å²) in [7, 11) is 1.48. The van der Waals surface area contributed by atoms with Crippen molar-refractivity contribution in [3.63, 3.8) is 0 Å². The van der Waals surface area contributed by atoms with E-state index in [1.54, 1.807) is 6.92 Å². The van der Waals surface area contributed by atoms with E-state index < -0.39 is 52.5 Å². The van der Waals surface area contributed by atoms with E-state index >= 15 is 0 Å². The van der Waals surface area contributed by atoms with Crippen LogP contribution in [-0.4, -0.2) is 46.6 Å². The lowest BCUT2D eigenvalue weighted by atomic mass is 10.0. The first-order valence-electron chi connectivity index (χ1n) is 13.1. The third kappa shape index (κ3) is 5.93. The molecule has 1 N–H and O–H groups in total. The minimum absolute atomic E-state index is 0.0562. The molecular formula is C31H27F3N2O5S. The molecule has 3 atom stereocenters. The van der Waals surface area contributed by atoms with Crippen molar-refractivity contribution in [3.8, 4) is 0 Å². The lowest BCUT2D eigenvalue weighted by Gasteiger charge is -2.51. The summed E-state index contributed by atoms with van der Waals surface area (Å²) in [6.45, 7) is 1.69. The molecule has 11 heteroatoms. The van der Waals surface area contributed by atoms with Crippen molar-refractivity contribution in [2.75, 3.05) is 7.11 Å². The summed E-state index contributed by atoms with van der Waals surface area (Å²) < 4.78 is 50.2. The molecular weight excluding hydrogens is 569 g/mol. The molecule has 0 bridgehead atoms. The van der Waals surface area contributed by atoms with E-state index in [2.05, 4.69) is 5.32 Å². The van der Waals surface area contributed by atoms with Gasteiger partial charge in [0.25, 0.3) is 5.91 Å². The molecule has 0 aromatic heterocycles. The fraction of sp³-hybridized carbons (Fsp3) is 0.258. The summed E-state index contributed by atoms with van der Waals surface area (Å²) in [6, 6.07) is 21.8. The van der Waals surface area contributed by atoms with Crippen molar-refractivity contribution in [1.29, 1.82) is 0 Å². The number of halogens is 3. The molecule has 5 rings (SSSR count). The van der Waals surface area contributed by atoms with Gasteiger partial charge in [0, 0.05) is 7.11 Å². The second kappa shape index (κ2) is 12.0. The van der Waals surface area contributed by atoms with Crippen LogP contribution in [0.1, 0.15) is 35.3 Å². The number of amides is 2. The Morgan fingerprint density at radius 2 is 1.52 bits per heavy atom. The number of fused-ring (bicyclic) bond motifs is 1. The van der Waals surface area contributed by atoms with Gasteiger partial charge >= 0.3 is 12.1 Å². The molecule has 0 unspecified atom stereocenters. The minimum atomic E-state index is -4.48. The van der Waals surface area contributed by atoms with Gasteiger partial charge in [0.1, 0.15) is 22.5 Å². The summed E-state index contributed by atoms with van der Waals surface area (Å²) in [4.78, 5) is 41.1. The number of thioether (sulfide) groups is 1. The zero-order chi connectivity index (χ0) is 30.0. The number of alkyl halides is 3. The van der Waals surface area contributed by atoms with E-state index in [4.69, 9.17) is 9.47 Å². The summed E-state index contributed by atoms with van der Waals surface area (Å²) in [6.07, 6.45) is -5.43. The summed E-state index contributed by atoms with van der Waals surface area (Å²) in [5, 5.41) is 2.03. The largest absolute Gasteiger partial charge is 0.448 e. The van der Waals surface area contributed by atoms with Gasteiger partial charge in [-0.1, -0.05) is 84.6 Å². The molecule has 2 heterocycles. The molecule has 3 aromatic rings. The number of hydrogen-bond donors (Lipinski definition) is 1. The smallest absolute Gasteiger partial charge is 0.416 e. The Bertz CT molecular complexity index is 1460. The van der Waals surface area contributed by atoms with Gasteiger partial charge in [-0.2, -0.15) is 13.2 Å². The number of esters is 1. The Hall–Kier alpha value is -4.09. The highest BCUT2D eigenvalue weighted by atomic mass is 32.2. The molecule has 1 fully saturated rings. The van der Waals surface area contributed by atoms with Crippen LogP contribution in [0.3, 0.4) is 0 Å². The highest BCUT2D eigenvalue weighted by Gasteiger charge is 2.56. The molecule has 0 spiro atoms. The Morgan fingerprint density at radius 3 is 2.05 bits per heavy atom. The maximum Gasteiger partial charge on any atom is 0.416 e. The van der Waals surface area contributed by atoms with Gasteiger partial charge in [0.15, 0.2) is 6.10 Å². The number of nitrogens with one attached hydrogen (secondary N) is 1. The lowest BCUT2D eigenvalue weighted by molar-refractivity contribution is -0.155. The number of methoxy groups -OCH3 is 1.